The Kier molecular flexibility index (Phi) is 5.93. The summed E-state index contributed by atoms with van der Waals surface area (Å²) in [7, 11) is 0. The van der Waals surface area contributed by atoms with E-state index in [2.05, 4.69) is 32.4 Å². The fourth-order valence-electron chi connectivity index (χ4n) is 2.65. The van der Waals surface area contributed by atoms with Crippen LogP contribution in [-0.4, -0.2) is 18.5 Å². The van der Waals surface area contributed by atoms with Gasteiger partial charge in [-0.3, -0.25) is 5.43 Å². The molecule has 148 valence electrons. The highest BCUT2D eigenvalue weighted by Crippen LogP contribution is 2.22. The second-order valence-corrected chi connectivity index (χ2v) is 6.20. The molecular formula is C20H20N6O3. The minimum atomic E-state index is -0.364. The smallest absolute Gasteiger partial charge is 0.338 e. The number of nitrogens with one attached hydrogen (secondary N) is 5. The van der Waals surface area contributed by atoms with E-state index in [0.29, 0.717) is 17.1 Å². The Morgan fingerprint density at radius 1 is 1.03 bits per heavy atom. The highest BCUT2D eigenvalue weighted by molar-refractivity contribution is 5.90. The molecule has 0 atom stereocenters. The van der Waals surface area contributed by atoms with Crippen LogP contribution in [0.2, 0.25) is 0 Å². The molecule has 1 aromatic heterocycles. The third kappa shape index (κ3) is 5.06. The van der Waals surface area contributed by atoms with Crippen molar-refractivity contribution in [1.82, 2.24) is 27.3 Å². The zero-order valence-corrected chi connectivity index (χ0v) is 15.4. The maximum atomic E-state index is 12.2. The molecular weight excluding hydrogens is 372 g/mol. The Labute approximate surface area is 167 Å². The molecule has 0 spiro atoms. The van der Waals surface area contributed by atoms with Gasteiger partial charge in [-0.2, -0.15) is 16.2 Å². The summed E-state index contributed by atoms with van der Waals surface area (Å²) in [6.07, 6.45) is 1.33. The second kappa shape index (κ2) is 9.13. The summed E-state index contributed by atoms with van der Waals surface area (Å²) in [5.74, 6) is 0.908. The third-order valence-corrected chi connectivity index (χ3v) is 4.14. The van der Waals surface area contributed by atoms with Crippen LogP contribution in [-0.2, 0) is 11.3 Å². The average molecular weight is 392 g/mol. The first kappa shape index (κ1) is 18.8. The van der Waals surface area contributed by atoms with Crippen molar-refractivity contribution in [3.05, 3.63) is 83.6 Å². The van der Waals surface area contributed by atoms with E-state index in [1.165, 1.54) is 0 Å². The monoisotopic (exact) mass is 392 g/mol. The number of esters is 1. The summed E-state index contributed by atoms with van der Waals surface area (Å²) < 4.78 is 11.1. The van der Waals surface area contributed by atoms with E-state index >= 15 is 0 Å². The van der Waals surface area contributed by atoms with Gasteiger partial charge in [-0.1, -0.05) is 42.5 Å². The lowest BCUT2D eigenvalue weighted by atomic mass is 10.1. The SMILES string of the molecule is O=C(OCc1ccccc1)c1ccc(-c2ccc(/C=N/NC3NNNN3)o2)cc1. The molecule has 1 fully saturated rings. The fourth-order valence-corrected chi connectivity index (χ4v) is 2.65. The van der Waals surface area contributed by atoms with Crippen LogP contribution in [0.3, 0.4) is 0 Å². The van der Waals surface area contributed by atoms with E-state index in [0.717, 1.165) is 11.1 Å². The Morgan fingerprint density at radius 2 is 1.79 bits per heavy atom. The number of nitrogens with zero attached hydrogens (tertiary/aromatic N) is 1. The molecule has 0 radical (unpaired) electrons. The molecule has 3 aromatic rings. The van der Waals surface area contributed by atoms with Gasteiger partial charge in [0.25, 0.3) is 0 Å². The zero-order valence-electron chi connectivity index (χ0n) is 15.4. The molecule has 9 nitrogen and oxygen atoms in total. The molecule has 1 aliphatic heterocycles. The quantitative estimate of drug-likeness (QED) is 0.234. The lowest BCUT2D eigenvalue weighted by molar-refractivity contribution is 0.0472. The maximum Gasteiger partial charge on any atom is 0.338 e. The number of rotatable bonds is 7. The fraction of sp³-hybridized carbons (Fsp3) is 0.100. The van der Waals surface area contributed by atoms with E-state index in [1.54, 1.807) is 18.3 Å². The van der Waals surface area contributed by atoms with Crippen LogP contribution >= 0.6 is 0 Å². The van der Waals surface area contributed by atoms with Crippen LogP contribution in [0.15, 0.2) is 76.2 Å². The van der Waals surface area contributed by atoms with Crippen molar-refractivity contribution in [2.24, 2.45) is 5.10 Å². The first-order valence-electron chi connectivity index (χ1n) is 8.99. The summed E-state index contributed by atoms with van der Waals surface area (Å²) in [5.41, 5.74) is 16.1. The first-order chi connectivity index (χ1) is 14.3. The number of hydrogen-bond donors (Lipinski definition) is 5. The predicted molar refractivity (Wildman–Crippen MR) is 107 cm³/mol. The standard InChI is InChI=1S/C20H20N6O3/c27-19(28-13-14-4-2-1-3-5-14)16-8-6-15(7-9-16)18-11-10-17(29-18)12-21-22-20-23-25-26-24-20/h1-12,20,22-26H,13H2/b21-12+. The van der Waals surface area contributed by atoms with Crippen molar-refractivity contribution >= 4 is 12.2 Å². The largest absolute Gasteiger partial charge is 0.457 e. The van der Waals surface area contributed by atoms with Gasteiger partial charge in [-0.05, 0) is 29.8 Å². The Morgan fingerprint density at radius 3 is 2.55 bits per heavy atom. The molecule has 0 saturated carbocycles. The van der Waals surface area contributed by atoms with Crippen molar-refractivity contribution in [2.75, 3.05) is 0 Å². The number of hydrazine groups is 3. The molecule has 9 heteroatoms. The van der Waals surface area contributed by atoms with Crippen LogP contribution in [0.5, 0.6) is 0 Å². The average Bonchev–Trinajstić information content (AvgIpc) is 3.45. The van der Waals surface area contributed by atoms with Crippen LogP contribution in [0.4, 0.5) is 0 Å². The zero-order chi connectivity index (χ0) is 19.9. The highest BCUT2D eigenvalue weighted by atomic mass is 16.5. The topological polar surface area (TPSA) is 112 Å². The van der Waals surface area contributed by atoms with Gasteiger partial charge in [0.15, 0.2) is 6.29 Å². The van der Waals surface area contributed by atoms with Crippen LogP contribution in [0.1, 0.15) is 21.7 Å². The third-order valence-electron chi connectivity index (χ3n) is 4.14. The number of hydrogen-bond acceptors (Lipinski definition) is 9. The summed E-state index contributed by atoms with van der Waals surface area (Å²) in [4.78, 5) is 12.2. The predicted octanol–water partition coefficient (Wildman–Crippen LogP) is 1.63. The lowest BCUT2D eigenvalue weighted by Crippen LogP contribution is -2.44. The molecule has 29 heavy (non-hydrogen) atoms. The van der Waals surface area contributed by atoms with Crippen molar-refractivity contribution in [3.8, 4) is 11.3 Å². The van der Waals surface area contributed by atoms with Gasteiger partial charge in [0, 0.05) is 5.56 Å². The Hall–Kier alpha value is -3.50. The molecule has 5 N–H and O–H groups in total. The molecule has 4 rings (SSSR count). The molecule has 0 amide bonds. The summed E-state index contributed by atoms with van der Waals surface area (Å²) in [6, 6.07) is 20.3. The van der Waals surface area contributed by atoms with Crippen LogP contribution in [0.25, 0.3) is 11.3 Å². The van der Waals surface area contributed by atoms with Crippen molar-refractivity contribution in [2.45, 2.75) is 12.9 Å². The number of furan rings is 1. The van der Waals surface area contributed by atoms with Gasteiger partial charge in [0.1, 0.15) is 18.1 Å². The molecule has 2 aromatic carbocycles. The highest BCUT2D eigenvalue weighted by Gasteiger charge is 2.11. The maximum absolute atomic E-state index is 12.2. The molecule has 2 heterocycles. The molecule has 0 aliphatic carbocycles. The number of carbonyl (C=O) groups excluding carboxylic acids is 1. The van der Waals surface area contributed by atoms with Gasteiger partial charge in [0.05, 0.1) is 11.8 Å². The number of benzene rings is 2. The van der Waals surface area contributed by atoms with Crippen molar-refractivity contribution < 1.29 is 13.9 Å². The van der Waals surface area contributed by atoms with E-state index in [4.69, 9.17) is 9.15 Å². The van der Waals surface area contributed by atoms with Gasteiger partial charge in [-0.15, -0.1) is 0 Å². The minimum Gasteiger partial charge on any atom is -0.457 e. The number of carbonyl (C=O) groups is 1. The molecule has 1 saturated heterocycles. The van der Waals surface area contributed by atoms with Gasteiger partial charge >= 0.3 is 5.97 Å². The number of ether oxygens (including phenoxy) is 1. The second-order valence-electron chi connectivity index (χ2n) is 6.20. The first-order valence-corrected chi connectivity index (χ1v) is 8.99. The van der Waals surface area contributed by atoms with Crippen molar-refractivity contribution in [1.29, 1.82) is 0 Å². The van der Waals surface area contributed by atoms with E-state index in [9.17, 15) is 4.79 Å². The normalized spacial score (nSPS) is 14.3. The van der Waals surface area contributed by atoms with Gasteiger partial charge < -0.3 is 9.15 Å². The minimum absolute atomic E-state index is 0.241. The molecule has 0 bridgehead atoms. The molecule has 0 unspecified atom stereocenters. The van der Waals surface area contributed by atoms with Gasteiger partial charge in [-0.25, -0.2) is 15.6 Å². The summed E-state index contributed by atoms with van der Waals surface area (Å²) >= 11 is 0. The number of hydrazone groups is 1. The Bertz CT molecular complexity index is 965. The Balaban J connectivity index is 1.33. The van der Waals surface area contributed by atoms with Gasteiger partial charge in [0.2, 0.25) is 0 Å². The van der Waals surface area contributed by atoms with Crippen molar-refractivity contribution in [3.63, 3.8) is 0 Å². The lowest BCUT2D eigenvalue weighted by Gasteiger charge is -2.06. The van der Waals surface area contributed by atoms with E-state index < -0.39 is 0 Å². The summed E-state index contributed by atoms with van der Waals surface area (Å²) in [6.45, 7) is 0.244. The summed E-state index contributed by atoms with van der Waals surface area (Å²) in [5, 5.41) is 4.08. The van der Waals surface area contributed by atoms with Crippen LogP contribution in [0, 0.1) is 0 Å². The van der Waals surface area contributed by atoms with E-state index in [-0.39, 0.29) is 18.9 Å². The molecule has 1 aliphatic rings. The van der Waals surface area contributed by atoms with E-state index in [1.807, 2.05) is 54.6 Å². The van der Waals surface area contributed by atoms with Crippen LogP contribution < -0.4 is 27.3 Å².